The number of carbonyl (C=O) groups is 1. The normalized spacial score (nSPS) is 23.7. The maximum atomic E-state index is 12.3. The van der Waals surface area contributed by atoms with Crippen LogP contribution in [0.15, 0.2) is 24.3 Å². The highest BCUT2D eigenvalue weighted by Gasteiger charge is 2.49. The first kappa shape index (κ1) is 11.5. The molecule has 4 heteroatoms. The van der Waals surface area contributed by atoms with E-state index in [1.165, 1.54) is 0 Å². The van der Waals surface area contributed by atoms with Crippen molar-refractivity contribution < 1.29 is 9.53 Å². The van der Waals surface area contributed by atoms with Crippen LogP contribution < -0.4 is 4.90 Å². The van der Waals surface area contributed by atoms with Crippen LogP contribution in [0.2, 0.25) is 0 Å². The van der Waals surface area contributed by atoms with Gasteiger partial charge in [0.25, 0.3) is 0 Å². The van der Waals surface area contributed by atoms with Crippen LogP contribution in [0.3, 0.4) is 0 Å². The second kappa shape index (κ2) is 4.11. The van der Waals surface area contributed by atoms with Crippen molar-refractivity contribution in [3.05, 3.63) is 29.8 Å². The summed E-state index contributed by atoms with van der Waals surface area (Å²) in [5.74, 6) is 0.100. The Kier molecular flexibility index (Phi) is 2.95. The van der Waals surface area contributed by atoms with Crippen molar-refractivity contribution in [3.8, 4) is 0 Å². The zero-order valence-corrected chi connectivity index (χ0v) is 10.5. The molecule has 0 radical (unpaired) electrons. The Balaban J connectivity index is 2.58. The molecule has 0 aliphatic carbocycles. The van der Waals surface area contributed by atoms with Gasteiger partial charge in [-0.1, -0.05) is 18.2 Å². The van der Waals surface area contributed by atoms with Gasteiger partial charge < -0.3 is 9.64 Å². The average molecular weight is 237 g/mol. The topological polar surface area (TPSA) is 29.5 Å². The molecule has 0 aromatic heterocycles. The van der Waals surface area contributed by atoms with Gasteiger partial charge in [-0.15, -0.1) is 11.8 Å². The van der Waals surface area contributed by atoms with Crippen LogP contribution >= 0.6 is 11.8 Å². The van der Waals surface area contributed by atoms with E-state index in [0.29, 0.717) is 6.61 Å². The van der Waals surface area contributed by atoms with Crippen molar-refractivity contribution in [2.24, 2.45) is 0 Å². The first-order chi connectivity index (χ1) is 7.67. The van der Waals surface area contributed by atoms with Gasteiger partial charge in [-0.2, -0.15) is 0 Å². The number of methoxy groups -OCH3 is 1. The molecule has 1 aromatic carbocycles. The van der Waals surface area contributed by atoms with E-state index in [2.05, 4.69) is 0 Å². The molecule has 86 valence electrons. The lowest BCUT2D eigenvalue weighted by atomic mass is 10.0. The average Bonchev–Trinajstić information content (AvgIpc) is 2.53. The summed E-state index contributed by atoms with van der Waals surface area (Å²) in [6, 6.07) is 7.89. The minimum Gasteiger partial charge on any atom is -0.382 e. The molecule has 1 heterocycles. The molecule has 1 amide bonds. The van der Waals surface area contributed by atoms with Crippen LogP contribution in [-0.4, -0.2) is 32.9 Å². The molecule has 1 aliphatic rings. The summed E-state index contributed by atoms with van der Waals surface area (Å²) in [4.78, 5) is 14.0. The Hall–Kier alpha value is -1.00. The first-order valence-electron chi connectivity index (χ1n) is 5.09. The number of para-hydroxylation sites is 1. The summed E-state index contributed by atoms with van der Waals surface area (Å²) in [5.41, 5.74) is 2.04. The van der Waals surface area contributed by atoms with E-state index in [9.17, 15) is 4.79 Å². The van der Waals surface area contributed by atoms with E-state index in [1.54, 1.807) is 23.8 Å². The number of anilines is 1. The summed E-state index contributed by atoms with van der Waals surface area (Å²) in [6.45, 7) is 0.411. The number of benzene rings is 1. The summed E-state index contributed by atoms with van der Waals surface area (Å²) in [6.07, 6.45) is 1.95. The Morgan fingerprint density at radius 2 is 2.12 bits per heavy atom. The van der Waals surface area contributed by atoms with E-state index in [-0.39, 0.29) is 5.91 Å². The second-order valence-corrected chi connectivity index (χ2v) is 4.95. The van der Waals surface area contributed by atoms with Crippen LogP contribution in [0, 0.1) is 0 Å². The molecule has 0 saturated carbocycles. The van der Waals surface area contributed by atoms with Gasteiger partial charge in [-0.3, -0.25) is 4.79 Å². The van der Waals surface area contributed by atoms with Crippen molar-refractivity contribution >= 4 is 23.4 Å². The Morgan fingerprint density at radius 1 is 1.44 bits per heavy atom. The largest absolute Gasteiger partial charge is 0.382 e. The Morgan fingerprint density at radius 3 is 2.75 bits per heavy atom. The molecule has 0 saturated heterocycles. The monoisotopic (exact) mass is 237 g/mol. The van der Waals surface area contributed by atoms with Gasteiger partial charge in [0, 0.05) is 25.4 Å². The van der Waals surface area contributed by atoms with E-state index < -0.39 is 4.75 Å². The molecular formula is C12H15NO2S. The maximum absolute atomic E-state index is 12.3. The van der Waals surface area contributed by atoms with E-state index in [1.807, 2.05) is 37.6 Å². The van der Waals surface area contributed by atoms with Crippen LogP contribution in [0.1, 0.15) is 5.56 Å². The number of thioether (sulfide) groups is 1. The van der Waals surface area contributed by atoms with Crippen molar-refractivity contribution in [2.75, 3.05) is 31.9 Å². The molecule has 0 N–H and O–H groups in total. The SMILES string of the molecule is COCC1(SC)C(=O)N(C)c2ccccc21. The fourth-order valence-corrected chi connectivity index (χ4v) is 3.14. The molecule has 1 aliphatic heterocycles. The van der Waals surface area contributed by atoms with Gasteiger partial charge in [0.15, 0.2) is 0 Å². The number of amides is 1. The highest BCUT2D eigenvalue weighted by molar-refractivity contribution is 8.00. The predicted molar refractivity (Wildman–Crippen MR) is 66.9 cm³/mol. The highest BCUT2D eigenvalue weighted by atomic mass is 32.2. The van der Waals surface area contributed by atoms with Crippen LogP contribution in [0.5, 0.6) is 0 Å². The molecule has 3 nitrogen and oxygen atoms in total. The van der Waals surface area contributed by atoms with Crippen LogP contribution in [0.4, 0.5) is 5.69 Å². The van der Waals surface area contributed by atoms with E-state index in [4.69, 9.17) is 4.74 Å². The number of ether oxygens (including phenoxy) is 1. The minimum absolute atomic E-state index is 0.100. The maximum Gasteiger partial charge on any atom is 0.249 e. The summed E-state index contributed by atoms with van der Waals surface area (Å²) in [7, 11) is 3.45. The predicted octanol–water partition coefficient (Wildman–Crippen LogP) is 1.87. The van der Waals surface area contributed by atoms with Crippen LogP contribution in [0.25, 0.3) is 0 Å². The van der Waals surface area contributed by atoms with Gasteiger partial charge in [-0.25, -0.2) is 0 Å². The quantitative estimate of drug-likeness (QED) is 0.803. The molecule has 16 heavy (non-hydrogen) atoms. The van der Waals surface area contributed by atoms with Gasteiger partial charge in [0.2, 0.25) is 5.91 Å². The Bertz CT molecular complexity index is 421. The first-order valence-corrected chi connectivity index (χ1v) is 6.31. The molecule has 1 aromatic rings. The molecular weight excluding hydrogens is 222 g/mol. The summed E-state index contributed by atoms with van der Waals surface area (Å²) >= 11 is 1.54. The van der Waals surface area contributed by atoms with E-state index >= 15 is 0 Å². The van der Waals surface area contributed by atoms with Gasteiger partial charge in [-0.05, 0) is 12.3 Å². The van der Waals surface area contributed by atoms with Gasteiger partial charge >= 0.3 is 0 Å². The number of carbonyl (C=O) groups excluding carboxylic acids is 1. The fraction of sp³-hybridized carbons (Fsp3) is 0.417. The van der Waals surface area contributed by atoms with Gasteiger partial charge in [0.05, 0.1) is 6.61 Å². The van der Waals surface area contributed by atoms with Crippen molar-refractivity contribution in [2.45, 2.75) is 4.75 Å². The van der Waals surface area contributed by atoms with Crippen molar-refractivity contribution in [1.82, 2.24) is 0 Å². The van der Waals surface area contributed by atoms with Crippen LogP contribution in [-0.2, 0) is 14.3 Å². The molecule has 2 rings (SSSR count). The standard InChI is InChI=1S/C12H15NO2S/c1-13-10-7-5-4-6-9(10)12(16-3,8-15-2)11(13)14/h4-7H,8H2,1-3H3. The van der Waals surface area contributed by atoms with E-state index in [0.717, 1.165) is 11.3 Å². The van der Waals surface area contributed by atoms with Gasteiger partial charge in [0.1, 0.15) is 4.75 Å². The third-order valence-corrected chi connectivity index (χ3v) is 4.26. The fourth-order valence-electron chi connectivity index (χ4n) is 2.20. The lowest BCUT2D eigenvalue weighted by Crippen LogP contribution is -2.39. The third-order valence-electron chi connectivity index (χ3n) is 3.05. The highest BCUT2D eigenvalue weighted by Crippen LogP contribution is 2.47. The molecule has 0 fully saturated rings. The lowest BCUT2D eigenvalue weighted by Gasteiger charge is -2.24. The van der Waals surface area contributed by atoms with Crippen molar-refractivity contribution in [1.29, 1.82) is 0 Å². The number of likely N-dealkylation sites (N-methyl/N-ethyl adjacent to an activating group) is 1. The zero-order chi connectivity index (χ0) is 11.8. The molecule has 1 atom stereocenters. The molecule has 1 unspecified atom stereocenters. The smallest absolute Gasteiger partial charge is 0.249 e. The minimum atomic E-state index is -0.569. The number of nitrogens with zero attached hydrogens (tertiary/aromatic N) is 1. The lowest BCUT2D eigenvalue weighted by molar-refractivity contribution is -0.121. The van der Waals surface area contributed by atoms with Crippen molar-refractivity contribution in [3.63, 3.8) is 0 Å². The zero-order valence-electron chi connectivity index (χ0n) is 9.69. The third kappa shape index (κ3) is 1.37. The number of hydrogen-bond donors (Lipinski definition) is 0. The number of fused-ring (bicyclic) bond motifs is 1. The molecule has 0 bridgehead atoms. The second-order valence-electron chi connectivity index (χ2n) is 3.85. The number of hydrogen-bond acceptors (Lipinski definition) is 3. The summed E-state index contributed by atoms with van der Waals surface area (Å²) < 4.78 is 4.66. The Labute approximate surface area is 99.8 Å². The summed E-state index contributed by atoms with van der Waals surface area (Å²) in [5, 5.41) is 0. The molecule has 0 spiro atoms. The number of rotatable bonds is 3.